The average molecular weight is 315 g/mol. The highest BCUT2D eigenvalue weighted by molar-refractivity contribution is 7.92. The van der Waals surface area contributed by atoms with E-state index in [1.165, 1.54) is 24.3 Å². The third-order valence-corrected chi connectivity index (χ3v) is 4.18. The summed E-state index contributed by atoms with van der Waals surface area (Å²) in [4.78, 5) is 10.8. The second kappa shape index (κ2) is 5.61. The van der Waals surface area contributed by atoms with Crippen molar-refractivity contribution in [2.75, 3.05) is 4.72 Å². The lowest BCUT2D eigenvalue weighted by Crippen LogP contribution is -2.16. The zero-order valence-corrected chi connectivity index (χ0v) is 11.7. The van der Waals surface area contributed by atoms with Crippen LogP contribution < -0.4 is 16.0 Å². The Morgan fingerprint density at radius 1 is 1.30 bits per heavy atom. The summed E-state index contributed by atoms with van der Waals surface area (Å²) in [6.45, 7) is 0.216. The van der Waals surface area contributed by atoms with E-state index < -0.39 is 15.6 Å². The number of nitrogens with zero attached hydrogens (tertiary/aromatic N) is 1. The molecular weight excluding hydrogens is 304 g/mol. The molecule has 0 saturated heterocycles. The van der Waals surface area contributed by atoms with E-state index >= 15 is 0 Å². The number of hydrogen-bond donors (Lipinski definition) is 3. The van der Waals surface area contributed by atoms with E-state index in [-0.39, 0.29) is 22.3 Å². The van der Waals surface area contributed by atoms with Crippen LogP contribution in [0.3, 0.4) is 0 Å². The van der Waals surface area contributed by atoms with Crippen LogP contribution in [0.1, 0.15) is 5.56 Å². The molecular formula is C11H11ClN4O3S. The van der Waals surface area contributed by atoms with Crippen molar-refractivity contribution in [2.45, 2.75) is 11.4 Å². The van der Waals surface area contributed by atoms with E-state index in [0.29, 0.717) is 5.56 Å². The van der Waals surface area contributed by atoms with Gasteiger partial charge in [0.25, 0.3) is 15.6 Å². The lowest BCUT2D eigenvalue weighted by Gasteiger charge is -2.08. The van der Waals surface area contributed by atoms with Gasteiger partial charge in [0.2, 0.25) is 0 Å². The number of sulfonamides is 1. The van der Waals surface area contributed by atoms with Crippen LogP contribution in [0.4, 0.5) is 5.82 Å². The Morgan fingerprint density at radius 2 is 2.05 bits per heavy atom. The summed E-state index contributed by atoms with van der Waals surface area (Å²) in [5.74, 6) is 0.00336. The number of hydrogen-bond acceptors (Lipinski definition) is 5. The monoisotopic (exact) mass is 314 g/mol. The second-order valence-electron chi connectivity index (χ2n) is 3.87. The van der Waals surface area contributed by atoms with Crippen LogP contribution >= 0.6 is 11.6 Å². The minimum Gasteiger partial charge on any atom is -0.326 e. The van der Waals surface area contributed by atoms with Gasteiger partial charge in [-0.1, -0.05) is 17.7 Å². The number of anilines is 1. The quantitative estimate of drug-likeness (QED) is 0.767. The topological polar surface area (TPSA) is 118 Å². The third-order valence-electron chi connectivity index (χ3n) is 2.47. The van der Waals surface area contributed by atoms with E-state index in [4.69, 9.17) is 17.3 Å². The first-order chi connectivity index (χ1) is 9.42. The maximum Gasteiger partial charge on any atom is 0.264 e. The number of aromatic nitrogens is 2. The van der Waals surface area contributed by atoms with Crippen LogP contribution in [0.2, 0.25) is 5.02 Å². The predicted molar refractivity (Wildman–Crippen MR) is 75.0 cm³/mol. The Balaban J connectivity index is 2.33. The van der Waals surface area contributed by atoms with Crippen LogP contribution in [0, 0.1) is 0 Å². The van der Waals surface area contributed by atoms with Crippen molar-refractivity contribution in [3.63, 3.8) is 0 Å². The molecule has 1 aromatic carbocycles. The molecule has 0 fully saturated rings. The highest BCUT2D eigenvalue weighted by Crippen LogP contribution is 2.21. The molecule has 0 unspecified atom stereocenters. The Bertz CT molecular complexity index is 768. The van der Waals surface area contributed by atoms with E-state index in [9.17, 15) is 13.2 Å². The first-order valence-corrected chi connectivity index (χ1v) is 7.35. The number of nitrogens with one attached hydrogen (secondary N) is 2. The highest BCUT2D eigenvalue weighted by Gasteiger charge is 2.16. The van der Waals surface area contributed by atoms with Gasteiger partial charge in [0.05, 0.1) is 4.90 Å². The van der Waals surface area contributed by atoms with Gasteiger partial charge in [0.1, 0.15) is 0 Å². The van der Waals surface area contributed by atoms with Crippen molar-refractivity contribution < 1.29 is 8.42 Å². The minimum absolute atomic E-state index is 0.00336. The van der Waals surface area contributed by atoms with Gasteiger partial charge in [-0.05, 0) is 23.8 Å². The van der Waals surface area contributed by atoms with Crippen LogP contribution in [0.25, 0.3) is 0 Å². The van der Waals surface area contributed by atoms with Gasteiger partial charge in [-0.25, -0.2) is 13.5 Å². The molecule has 0 bridgehead atoms. The Morgan fingerprint density at radius 3 is 2.60 bits per heavy atom. The van der Waals surface area contributed by atoms with Crippen LogP contribution in [0.5, 0.6) is 0 Å². The molecule has 0 aliphatic heterocycles. The third kappa shape index (κ3) is 3.16. The molecule has 0 radical (unpaired) electrons. The zero-order chi connectivity index (χ0) is 14.8. The van der Waals surface area contributed by atoms with Gasteiger partial charge >= 0.3 is 0 Å². The van der Waals surface area contributed by atoms with Gasteiger partial charge in [0.15, 0.2) is 5.82 Å². The van der Waals surface area contributed by atoms with Crippen LogP contribution in [0.15, 0.2) is 40.0 Å². The number of benzene rings is 1. The van der Waals surface area contributed by atoms with E-state index in [1.807, 2.05) is 0 Å². The Kier molecular flexibility index (Phi) is 4.07. The standard InChI is InChI=1S/C11H11ClN4O3S/c12-9-5-8(2-1-7(9)6-13)20(18,19)16-10-3-4-11(17)15-14-10/h1-5H,6,13H2,(H,14,16)(H,15,17). The summed E-state index contributed by atoms with van der Waals surface area (Å²) in [5.41, 5.74) is 5.67. The predicted octanol–water partition coefficient (Wildman–Crippen LogP) is 0.683. The van der Waals surface area contributed by atoms with Crippen LogP contribution in [-0.4, -0.2) is 18.6 Å². The summed E-state index contributed by atoms with van der Waals surface area (Å²) in [5, 5.41) is 5.96. The van der Waals surface area contributed by atoms with Crippen molar-refractivity contribution in [1.29, 1.82) is 0 Å². The molecule has 0 atom stereocenters. The lowest BCUT2D eigenvalue weighted by atomic mass is 10.2. The number of nitrogens with two attached hydrogens (primary N) is 1. The largest absolute Gasteiger partial charge is 0.326 e. The lowest BCUT2D eigenvalue weighted by molar-refractivity contribution is 0.601. The van der Waals surface area contributed by atoms with Gasteiger partial charge in [-0.3, -0.25) is 9.52 Å². The zero-order valence-electron chi connectivity index (χ0n) is 10.1. The van der Waals surface area contributed by atoms with Crippen molar-refractivity contribution >= 4 is 27.4 Å². The first kappa shape index (κ1) is 14.5. The molecule has 2 aromatic rings. The van der Waals surface area contributed by atoms with E-state index in [2.05, 4.69) is 14.9 Å². The Labute approximate surface area is 119 Å². The molecule has 9 heteroatoms. The number of halogens is 1. The molecule has 2 rings (SSSR count). The van der Waals surface area contributed by atoms with Crippen molar-refractivity contribution in [3.8, 4) is 0 Å². The fourth-order valence-electron chi connectivity index (χ4n) is 1.46. The maximum absolute atomic E-state index is 12.1. The highest BCUT2D eigenvalue weighted by atomic mass is 35.5. The first-order valence-electron chi connectivity index (χ1n) is 5.49. The molecule has 0 saturated carbocycles. The van der Waals surface area contributed by atoms with Gasteiger partial charge in [-0.15, -0.1) is 0 Å². The fraction of sp³-hybridized carbons (Fsp3) is 0.0909. The number of rotatable bonds is 4. The smallest absolute Gasteiger partial charge is 0.264 e. The molecule has 0 spiro atoms. The second-order valence-corrected chi connectivity index (χ2v) is 5.96. The van der Waals surface area contributed by atoms with E-state index in [1.54, 1.807) is 0 Å². The molecule has 0 aliphatic carbocycles. The maximum atomic E-state index is 12.1. The summed E-state index contributed by atoms with van der Waals surface area (Å²) in [7, 11) is -3.83. The molecule has 1 heterocycles. The molecule has 0 amide bonds. The van der Waals surface area contributed by atoms with Crippen molar-refractivity contribution in [3.05, 3.63) is 51.3 Å². The number of H-pyrrole nitrogens is 1. The molecule has 0 aliphatic rings. The van der Waals surface area contributed by atoms with Crippen LogP contribution in [-0.2, 0) is 16.6 Å². The summed E-state index contributed by atoms with van der Waals surface area (Å²) in [6, 6.07) is 6.65. The molecule has 4 N–H and O–H groups in total. The SMILES string of the molecule is NCc1ccc(S(=O)(=O)Nc2ccc(=O)[nH]n2)cc1Cl. The normalized spacial score (nSPS) is 11.3. The molecule has 106 valence electrons. The van der Waals surface area contributed by atoms with Gasteiger partial charge in [0, 0.05) is 17.6 Å². The average Bonchev–Trinajstić information content (AvgIpc) is 2.41. The van der Waals surface area contributed by atoms with Crippen molar-refractivity contribution in [1.82, 2.24) is 10.2 Å². The summed E-state index contributed by atoms with van der Waals surface area (Å²) in [6.07, 6.45) is 0. The Hall–Kier alpha value is -1.90. The molecule has 7 nitrogen and oxygen atoms in total. The summed E-state index contributed by atoms with van der Waals surface area (Å²) >= 11 is 5.92. The number of aromatic amines is 1. The molecule has 1 aromatic heterocycles. The minimum atomic E-state index is -3.83. The van der Waals surface area contributed by atoms with E-state index in [0.717, 1.165) is 6.07 Å². The summed E-state index contributed by atoms with van der Waals surface area (Å²) < 4.78 is 26.4. The van der Waals surface area contributed by atoms with Gasteiger partial charge in [-0.2, -0.15) is 5.10 Å². The molecule has 20 heavy (non-hydrogen) atoms. The van der Waals surface area contributed by atoms with Crippen molar-refractivity contribution in [2.24, 2.45) is 5.73 Å². The van der Waals surface area contributed by atoms with Gasteiger partial charge < -0.3 is 5.73 Å². The fourth-order valence-corrected chi connectivity index (χ4v) is 2.81.